The molecule has 4 heteroatoms. The Balaban J connectivity index is 1.92. The molecule has 0 aliphatic carbocycles. The van der Waals surface area contributed by atoms with Crippen molar-refractivity contribution in [2.75, 3.05) is 26.3 Å². The normalized spacial score (nSPS) is 23.2. The van der Waals surface area contributed by atoms with Gasteiger partial charge in [-0.25, -0.2) is 0 Å². The van der Waals surface area contributed by atoms with E-state index >= 15 is 0 Å². The minimum absolute atomic E-state index is 0.0148. The fraction of sp³-hybridized carbons (Fsp3) is 0.636. The highest BCUT2D eigenvalue weighted by Crippen LogP contribution is 2.10. The molecular formula is C11H18N2O2. The molecule has 1 unspecified atom stereocenters. The van der Waals surface area contributed by atoms with Crippen LogP contribution in [-0.4, -0.2) is 47.0 Å². The van der Waals surface area contributed by atoms with Crippen molar-refractivity contribution in [1.82, 2.24) is 9.47 Å². The van der Waals surface area contributed by atoms with Crippen LogP contribution in [0.25, 0.3) is 0 Å². The highest BCUT2D eigenvalue weighted by Gasteiger charge is 2.19. The summed E-state index contributed by atoms with van der Waals surface area (Å²) in [5.74, 6) is 0. The van der Waals surface area contributed by atoms with Crippen molar-refractivity contribution < 1.29 is 9.84 Å². The van der Waals surface area contributed by atoms with Gasteiger partial charge in [0.1, 0.15) is 0 Å². The molecule has 0 radical (unpaired) electrons. The lowest BCUT2D eigenvalue weighted by molar-refractivity contribution is -0.0555. The van der Waals surface area contributed by atoms with Gasteiger partial charge in [-0.15, -0.1) is 0 Å². The zero-order valence-electron chi connectivity index (χ0n) is 9.09. The van der Waals surface area contributed by atoms with Crippen LogP contribution >= 0.6 is 0 Å². The summed E-state index contributed by atoms with van der Waals surface area (Å²) in [6, 6.07) is 4.18. The van der Waals surface area contributed by atoms with Gasteiger partial charge in [-0.1, -0.05) is 0 Å². The van der Waals surface area contributed by atoms with Gasteiger partial charge in [0.05, 0.1) is 19.3 Å². The maximum atomic E-state index is 9.03. The molecule has 1 aromatic rings. The summed E-state index contributed by atoms with van der Waals surface area (Å²) in [6.07, 6.45) is 2.04. The molecule has 0 saturated carbocycles. The van der Waals surface area contributed by atoms with Crippen molar-refractivity contribution in [3.8, 4) is 0 Å². The predicted molar refractivity (Wildman–Crippen MR) is 57.5 cm³/mol. The minimum Gasteiger partial charge on any atom is -0.394 e. The molecule has 0 bridgehead atoms. The summed E-state index contributed by atoms with van der Waals surface area (Å²) < 4.78 is 7.54. The second-order valence-corrected chi connectivity index (χ2v) is 4.02. The van der Waals surface area contributed by atoms with Crippen LogP contribution in [0.4, 0.5) is 0 Å². The van der Waals surface area contributed by atoms with E-state index in [1.807, 2.05) is 0 Å². The largest absolute Gasteiger partial charge is 0.394 e. The van der Waals surface area contributed by atoms with E-state index in [1.165, 1.54) is 5.69 Å². The van der Waals surface area contributed by atoms with Crippen molar-refractivity contribution >= 4 is 0 Å². The number of rotatable bonds is 3. The molecule has 0 amide bonds. The molecular weight excluding hydrogens is 192 g/mol. The van der Waals surface area contributed by atoms with E-state index < -0.39 is 0 Å². The number of morpholine rings is 1. The Morgan fingerprint density at radius 1 is 1.60 bits per heavy atom. The number of nitrogens with zero attached hydrogens (tertiary/aromatic N) is 2. The highest BCUT2D eigenvalue weighted by molar-refractivity contribution is 5.06. The van der Waals surface area contributed by atoms with Crippen LogP contribution in [-0.2, 0) is 18.3 Å². The summed E-state index contributed by atoms with van der Waals surface area (Å²) in [5, 5.41) is 9.03. The summed E-state index contributed by atoms with van der Waals surface area (Å²) >= 11 is 0. The molecule has 1 atom stereocenters. The molecule has 1 fully saturated rings. The molecule has 1 saturated heterocycles. The van der Waals surface area contributed by atoms with Gasteiger partial charge < -0.3 is 14.4 Å². The van der Waals surface area contributed by atoms with E-state index in [2.05, 4.69) is 34.8 Å². The molecule has 15 heavy (non-hydrogen) atoms. The quantitative estimate of drug-likeness (QED) is 0.775. The fourth-order valence-electron chi connectivity index (χ4n) is 1.92. The summed E-state index contributed by atoms with van der Waals surface area (Å²) in [4.78, 5) is 2.32. The first-order chi connectivity index (χ1) is 7.29. The smallest absolute Gasteiger partial charge is 0.0933 e. The van der Waals surface area contributed by atoms with Gasteiger partial charge >= 0.3 is 0 Å². The summed E-state index contributed by atoms with van der Waals surface area (Å²) in [5.41, 5.74) is 1.30. The van der Waals surface area contributed by atoms with Crippen LogP contribution in [0.2, 0.25) is 0 Å². The molecule has 0 spiro atoms. The first-order valence-electron chi connectivity index (χ1n) is 5.34. The van der Waals surface area contributed by atoms with Crippen molar-refractivity contribution in [1.29, 1.82) is 0 Å². The number of hydrogen-bond acceptors (Lipinski definition) is 3. The summed E-state index contributed by atoms with van der Waals surface area (Å²) in [6.45, 7) is 3.53. The topological polar surface area (TPSA) is 37.6 Å². The third-order valence-corrected chi connectivity index (χ3v) is 2.86. The monoisotopic (exact) mass is 210 g/mol. The molecule has 4 nitrogen and oxygen atoms in total. The molecule has 84 valence electrons. The van der Waals surface area contributed by atoms with Gasteiger partial charge in [0, 0.05) is 38.6 Å². The second kappa shape index (κ2) is 4.79. The first kappa shape index (κ1) is 10.7. The standard InChI is InChI=1S/C11H18N2O2/c1-12-4-2-3-10(12)7-13-5-6-15-11(8-13)9-14/h2-4,11,14H,5-9H2,1H3. The number of ether oxygens (including phenoxy) is 1. The van der Waals surface area contributed by atoms with E-state index in [0.717, 1.165) is 26.2 Å². The SMILES string of the molecule is Cn1cccc1CN1CCOC(CO)C1. The number of aromatic nitrogens is 1. The van der Waals surface area contributed by atoms with Gasteiger partial charge in [-0.2, -0.15) is 0 Å². The maximum absolute atomic E-state index is 9.03. The van der Waals surface area contributed by atoms with E-state index in [1.54, 1.807) is 0 Å². The van der Waals surface area contributed by atoms with Crippen LogP contribution in [0.1, 0.15) is 5.69 Å². The third-order valence-electron chi connectivity index (χ3n) is 2.86. The first-order valence-corrected chi connectivity index (χ1v) is 5.34. The Morgan fingerprint density at radius 2 is 2.47 bits per heavy atom. The van der Waals surface area contributed by atoms with Gasteiger partial charge in [0.2, 0.25) is 0 Å². The van der Waals surface area contributed by atoms with Crippen molar-refractivity contribution in [3.05, 3.63) is 24.0 Å². The molecule has 0 aromatic carbocycles. The molecule has 1 aromatic heterocycles. The van der Waals surface area contributed by atoms with Gasteiger partial charge in [-0.05, 0) is 12.1 Å². The number of aliphatic hydroxyl groups excluding tert-OH is 1. The Hall–Kier alpha value is -0.840. The number of hydrogen-bond donors (Lipinski definition) is 1. The van der Waals surface area contributed by atoms with Crippen LogP contribution in [0.5, 0.6) is 0 Å². The predicted octanol–water partition coefficient (Wildman–Crippen LogP) is 0.218. The third kappa shape index (κ3) is 2.59. The number of aliphatic hydroxyl groups is 1. The van der Waals surface area contributed by atoms with Crippen molar-refractivity contribution in [3.63, 3.8) is 0 Å². The van der Waals surface area contributed by atoms with Gasteiger partial charge in [-0.3, -0.25) is 4.90 Å². The van der Waals surface area contributed by atoms with Crippen molar-refractivity contribution in [2.24, 2.45) is 7.05 Å². The van der Waals surface area contributed by atoms with Crippen LogP contribution in [0.3, 0.4) is 0 Å². The van der Waals surface area contributed by atoms with Crippen LogP contribution in [0, 0.1) is 0 Å². The highest BCUT2D eigenvalue weighted by atomic mass is 16.5. The molecule has 2 heterocycles. The second-order valence-electron chi connectivity index (χ2n) is 4.02. The molecule has 1 aliphatic rings. The average Bonchev–Trinajstić information content (AvgIpc) is 2.65. The zero-order chi connectivity index (χ0) is 10.7. The Bertz CT molecular complexity index is 311. The van der Waals surface area contributed by atoms with E-state index in [9.17, 15) is 0 Å². The van der Waals surface area contributed by atoms with Crippen molar-refractivity contribution in [2.45, 2.75) is 12.6 Å². The lowest BCUT2D eigenvalue weighted by atomic mass is 10.2. The van der Waals surface area contributed by atoms with Gasteiger partial charge in [0.25, 0.3) is 0 Å². The maximum Gasteiger partial charge on any atom is 0.0933 e. The molecule has 1 aliphatic heterocycles. The van der Waals surface area contributed by atoms with Crippen LogP contribution in [0.15, 0.2) is 18.3 Å². The Morgan fingerprint density at radius 3 is 3.13 bits per heavy atom. The van der Waals surface area contributed by atoms with Gasteiger partial charge in [0.15, 0.2) is 0 Å². The molecule has 1 N–H and O–H groups in total. The lowest BCUT2D eigenvalue weighted by Crippen LogP contribution is -2.43. The van der Waals surface area contributed by atoms with Crippen LogP contribution < -0.4 is 0 Å². The number of aryl methyl sites for hydroxylation is 1. The Labute approximate surface area is 90.1 Å². The molecule has 2 rings (SSSR count). The zero-order valence-corrected chi connectivity index (χ0v) is 9.09. The Kier molecular flexibility index (Phi) is 3.41. The lowest BCUT2D eigenvalue weighted by Gasteiger charge is -2.31. The fourth-order valence-corrected chi connectivity index (χ4v) is 1.92. The van der Waals surface area contributed by atoms with E-state index in [-0.39, 0.29) is 12.7 Å². The summed E-state index contributed by atoms with van der Waals surface area (Å²) in [7, 11) is 2.05. The van der Waals surface area contributed by atoms with E-state index in [0.29, 0.717) is 0 Å². The minimum atomic E-state index is -0.0148. The average molecular weight is 210 g/mol. The van der Waals surface area contributed by atoms with E-state index in [4.69, 9.17) is 9.84 Å².